The van der Waals surface area contributed by atoms with Gasteiger partial charge in [0, 0.05) is 12.6 Å². The van der Waals surface area contributed by atoms with Crippen LogP contribution in [0.1, 0.15) is 51.9 Å². The summed E-state index contributed by atoms with van der Waals surface area (Å²) in [6, 6.07) is 0.512. The molecule has 1 saturated heterocycles. The SMILES string of the molecule is CC(N)(C(=O)N1CCC2CCCCC21)C1CC1. The molecule has 0 radical (unpaired) electrons. The Balaban J connectivity index is 1.73. The van der Waals surface area contributed by atoms with Crippen LogP contribution in [0.25, 0.3) is 0 Å². The Hall–Kier alpha value is -0.570. The highest BCUT2D eigenvalue weighted by molar-refractivity contribution is 5.87. The molecule has 2 N–H and O–H groups in total. The third kappa shape index (κ3) is 1.88. The van der Waals surface area contributed by atoms with Crippen molar-refractivity contribution in [3.05, 3.63) is 0 Å². The number of likely N-dealkylation sites (tertiary alicyclic amines) is 1. The number of hydrogen-bond donors (Lipinski definition) is 1. The van der Waals surface area contributed by atoms with E-state index in [0.717, 1.165) is 25.3 Å². The van der Waals surface area contributed by atoms with Gasteiger partial charge in [0.2, 0.25) is 5.91 Å². The highest BCUT2D eigenvalue weighted by Crippen LogP contribution is 2.42. The molecule has 3 heteroatoms. The Morgan fingerprint density at radius 3 is 2.59 bits per heavy atom. The molecule has 3 aliphatic rings. The van der Waals surface area contributed by atoms with Gasteiger partial charge in [0.15, 0.2) is 0 Å². The highest BCUT2D eigenvalue weighted by Gasteiger charge is 2.49. The predicted molar refractivity (Wildman–Crippen MR) is 67.4 cm³/mol. The largest absolute Gasteiger partial charge is 0.338 e. The van der Waals surface area contributed by atoms with Gasteiger partial charge in [0.25, 0.3) is 0 Å². The minimum Gasteiger partial charge on any atom is -0.338 e. The van der Waals surface area contributed by atoms with Crippen LogP contribution >= 0.6 is 0 Å². The third-order valence-electron chi connectivity index (χ3n) is 5.16. The minimum absolute atomic E-state index is 0.231. The number of amides is 1. The first-order chi connectivity index (χ1) is 8.10. The lowest BCUT2D eigenvalue weighted by molar-refractivity contribution is -0.138. The van der Waals surface area contributed by atoms with E-state index in [4.69, 9.17) is 5.73 Å². The van der Waals surface area contributed by atoms with Gasteiger partial charge in [0.05, 0.1) is 5.54 Å². The second kappa shape index (κ2) is 3.98. The van der Waals surface area contributed by atoms with Crippen LogP contribution in [0.4, 0.5) is 0 Å². The van der Waals surface area contributed by atoms with Crippen molar-refractivity contribution in [1.82, 2.24) is 4.90 Å². The maximum atomic E-state index is 12.6. The Kier molecular flexibility index (Phi) is 2.69. The van der Waals surface area contributed by atoms with E-state index in [1.54, 1.807) is 0 Å². The van der Waals surface area contributed by atoms with E-state index in [9.17, 15) is 4.79 Å². The fourth-order valence-corrected chi connectivity index (χ4v) is 3.83. The second-order valence-corrected chi connectivity index (χ2v) is 6.46. The molecule has 3 nitrogen and oxygen atoms in total. The van der Waals surface area contributed by atoms with Gasteiger partial charge in [0.1, 0.15) is 0 Å². The lowest BCUT2D eigenvalue weighted by Crippen LogP contribution is -2.56. The first-order valence-corrected chi connectivity index (χ1v) is 7.20. The van der Waals surface area contributed by atoms with Crippen LogP contribution in [0, 0.1) is 11.8 Å². The maximum absolute atomic E-state index is 12.6. The van der Waals surface area contributed by atoms with Gasteiger partial charge in [-0.1, -0.05) is 12.8 Å². The van der Waals surface area contributed by atoms with Gasteiger partial charge >= 0.3 is 0 Å². The van der Waals surface area contributed by atoms with Gasteiger partial charge in [-0.15, -0.1) is 0 Å². The van der Waals surface area contributed by atoms with Crippen molar-refractivity contribution in [2.45, 2.75) is 63.5 Å². The monoisotopic (exact) mass is 236 g/mol. The summed E-state index contributed by atoms with van der Waals surface area (Å²) >= 11 is 0. The molecule has 17 heavy (non-hydrogen) atoms. The summed E-state index contributed by atoms with van der Waals surface area (Å²) in [5, 5.41) is 0. The van der Waals surface area contributed by atoms with Crippen molar-refractivity contribution >= 4 is 5.91 Å². The van der Waals surface area contributed by atoms with Crippen LogP contribution in [-0.4, -0.2) is 28.9 Å². The molecule has 0 aromatic heterocycles. The Labute approximate surface area is 104 Å². The Morgan fingerprint density at radius 1 is 1.18 bits per heavy atom. The third-order valence-corrected chi connectivity index (χ3v) is 5.16. The molecule has 3 atom stereocenters. The van der Waals surface area contributed by atoms with E-state index in [-0.39, 0.29) is 5.91 Å². The number of carbonyl (C=O) groups is 1. The van der Waals surface area contributed by atoms with Crippen molar-refractivity contribution in [3.63, 3.8) is 0 Å². The van der Waals surface area contributed by atoms with Gasteiger partial charge in [-0.05, 0) is 50.9 Å². The Morgan fingerprint density at radius 2 is 1.88 bits per heavy atom. The summed E-state index contributed by atoms with van der Waals surface area (Å²) in [7, 11) is 0. The number of carbonyl (C=O) groups excluding carboxylic acids is 1. The average Bonchev–Trinajstić information content (AvgIpc) is 3.09. The zero-order chi connectivity index (χ0) is 12.0. The first kappa shape index (κ1) is 11.5. The lowest BCUT2D eigenvalue weighted by Gasteiger charge is -2.36. The molecule has 0 bridgehead atoms. The summed E-state index contributed by atoms with van der Waals surface area (Å²) in [5.74, 6) is 1.44. The molecular weight excluding hydrogens is 212 g/mol. The molecule has 96 valence electrons. The van der Waals surface area contributed by atoms with Gasteiger partial charge < -0.3 is 10.6 Å². The minimum atomic E-state index is -0.591. The van der Waals surface area contributed by atoms with Crippen molar-refractivity contribution in [2.24, 2.45) is 17.6 Å². The number of nitrogens with two attached hydrogens (primary N) is 1. The first-order valence-electron chi connectivity index (χ1n) is 7.20. The smallest absolute Gasteiger partial charge is 0.242 e. The number of rotatable bonds is 2. The molecule has 2 aliphatic carbocycles. The predicted octanol–water partition coefficient (Wildman–Crippen LogP) is 1.90. The quantitative estimate of drug-likeness (QED) is 0.796. The van der Waals surface area contributed by atoms with Crippen LogP contribution < -0.4 is 5.73 Å². The summed E-state index contributed by atoms with van der Waals surface area (Å²) in [4.78, 5) is 14.7. The Bertz CT molecular complexity index is 322. The molecule has 2 saturated carbocycles. The van der Waals surface area contributed by atoms with Crippen LogP contribution in [-0.2, 0) is 4.79 Å². The molecule has 1 aliphatic heterocycles. The summed E-state index contributed by atoms with van der Waals surface area (Å²) in [6.07, 6.45) is 8.65. The van der Waals surface area contributed by atoms with Crippen molar-refractivity contribution in [2.75, 3.05) is 6.54 Å². The fourth-order valence-electron chi connectivity index (χ4n) is 3.83. The number of fused-ring (bicyclic) bond motifs is 1. The van der Waals surface area contributed by atoms with Crippen LogP contribution in [0.15, 0.2) is 0 Å². The van der Waals surface area contributed by atoms with E-state index < -0.39 is 5.54 Å². The molecule has 3 unspecified atom stereocenters. The summed E-state index contributed by atoms with van der Waals surface area (Å²) in [6.45, 7) is 2.90. The van der Waals surface area contributed by atoms with E-state index in [2.05, 4.69) is 4.90 Å². The van der Waals surface area contributed by atoms with Gasteiger partial charge in [-0.25, -0.2) is 0 Å². The fraction of sp³-hybridized carbons (Fsp3) is 0.929. The summed E-state index contributed by atoms with van der Waals surface area (Å²) in [5.41, 5.74) is 5.69. The van der Waals surface area contributed by atoms with Crippen LogP contribution in [0.2, 0.25) is 0 Å². The molecule has 3 fully saturated rings. The summed E-state index contributed by atoms with van der Waals surface area (Å²) < 4.78 is 0. The van der Waals surface area contributed by atoms with Crippen molar-refractivity contribution in [1.29, 1.82) is 0 Å². The molecule has 0 spiro atoms. The zero-order valence-electron chi connectivity index (χ0n) is 10.8. The second-order valence-electron chi connectivity index (χ2n) is 6.46. The van der Waals surface area contributed by atoms with E-state index in [1.807, 2.05) is 6.92 Å². The van der Waals surface area contributed by atoms with Crippen LogP contribution in [0.5, 0.6) is 0 Å². The molecule has 1 heterocycles. The van der Waals surface area contributed by atoms with Crippen LogP contribution in [0.3, 0.4) is 0 Å². The lowest BCUT2D eigenvalue weighted by atomic mass is 9.84. The topological polar surface area (TPSA) is 46.3 Å². The molecule has 1 amide bonds. The molecule has 0 aromatic carbocycles. The maximum Gasteiger partial charge on any atom is 0.242 e. The number of hydrogen-bond acceptors (Lipinski definition) is 2. The van der Waals surface area contributed by atoms with Crippen molar-refractivity contribution in [3.8, 4) is 0 Å². The average molecular weight is 236 g/mol. The normalized spacial score (nSPS) is 36.5. The zero-order valence-corrected chi connectivity index (χ0v) is 10.8. The molecule has 0 aromatic rings. The molecule has 3 rings (SSSR count). The number of nitrogens with zero attached hydrogens (tertiary/aromatic N) is 1. The highest BCUT2D eigenvalue weighted by atomic mass is 16.2. The van der Waals surface area contributed by atoms with Crippen molar-refractivity contribution < 1.29 is 4.79 Å². The van der Waals surface area contributed by atoms with E-state index in [1.165, 1.54) is 32.1 Å². The standard InChI is InChI=1S/C14H24N2O/c1-14(15,11-6-7-11)13(17)16-9-8-10-4-2-3-5-12(10)16/h10-12H,2-9,15H2,1H3. The van der Waals surface area contributed by atoms with Gasteiger partial charge in [-0.2, -0.15) is 0 Å². The van der Waals surface area contributed by atoms with Gasteiger partial charge in [-0.3, -0.25) is 4.79 Å². The van der Waals surface area contributed by atoms with E-state index >= 15 is 0 Å². The molecular formula is C14H24N2O. The van der Waals surface area contributed by atoms with E-state index in [0.29, 0.717) is 12.0 Å².